The van der Waals surface area contributed by atoms with Crippen molar-refractivity contribution in [1.29, 1.82) is 0 Å². The number of likely N-dealkylation sites (tertiary alicyclic amines) is 1. The Morgan fingerprint density at radius 2 is 1.90 bits per heavy atom. The van der Waals surface area contributed by atoms with E-state index >= 15 is 0 Å². The molecule has 2 N–H and O–H groups in total. The van der Waals surface area contributed by atoms with Crippen molar-refractivity contribution in [1.82, 2.24) is 4.90 Å². The van der Waals surface area contributed by atoms with Crippen molar-refractivity contribution in [3.05, 3.63) is 35.1 Å². The van der Waals surface area contributed by atoms with Gasteiger partial charge in [-0.2, -0.15) is 0 Å². The Morgan fingerprint density at radius 3 is 2.40 bits per heavy atom. The van der Waals surface area contributed by atoms with Crippen molar-refractivity contribution in [3.8, 4) is 0 Å². The molecule has 1 saturated heterocycles. The second-order valence-electron chi connectivity index (χ2n) is 5.25. The lowest BCUT2D eigenvalue weighted by Crippen LogP contribution is -2.33. The van der Waals surface area contributed by atoms with Crippen LogP contribution in [0.4, 0.5) is 4.39 Å². The molecule has 1 aliphatic heterocycles. The molecule has 3 atom stereocenters. The van der Waals surface area contributed by atoms with Crippen LogP contribution in [-0.4, -0.2) is 51.0 Å². The number of halogens is 1. The second-order valence-corrected chi connectivity index (χ2v) is 5.25. The van der Waals surface area contributed by atoms with Gasteiger partial charge >= 0.3 is 0 Å². The summed E-state index contributed by atoms with van der Waals surface area (Å²) >= 11 is 0. The average molecular weight is 282 g/mol. The molecule has 1 aliphatic rings. The van der Waals surface area contributed by atoms with Gasteiger partial charge in [-0.25, -0.2) is 4.39 Å². The van der Waals surface area contributed by atoms with Crippen molar-refractivity contribution in [2.45, 2.75) is 25.2 Å². The van der Waals surface area contributed by atoms with Gasteiger partial charge in [0.2, 0.25) is 0 Å². The normalized spacial score (nSPS) is 25.1. The molecule has 3 unspecified atom stereocenters. The maximum absolute atomic E-state index is 13.5. The minimum atomic E-state index is -0.227. The highest BCUT2D eigenvalue weighted by Gasteiger charge is 2.36. The zero-order chi connectivity index (χ0) is 14.7. The molecule has 0 saturated carbocycles. The van der Waals surface area contributed by atoms with Gasteiger partial charge in [-0.3, -0.25) is 4.90 Å². The lowest BCUT2D eigenvalue weighted by atomic mass is 10.00. The Morgan fingerprint density at radius 1 is 1.30 bits per heavy atom. The van der Waals surface area contributed by atoms with E-state index in [0.717, 1.165) is 24.2 Å². The molecule has 0 aromatic heterocycles. The molecule has 5 heteroatoms. The van der Waals surface area contributed by atoms with E-state index < -0.39 is 0 Å². The molecule has 0 radical (unpaired) electrons. The van der Waals surface area contributed by atoms with E-state index in [1.54, 1.807) is 26.4 Å². The first-order valence-corrected chi connectivity index (χ1v) is 6.86. The topological polar surface area (TPSA) is 47.7 Å². The molecule has 1 fully saturated rings. The smallest absolute Gasteiger partial charge is 0.123 e. The van der Waals surface area contributed by atoms with E-state index in [1.165, 1.54) is 6.07 Å². The summed E-state index contributed by atoms with van der Waals surface area (Å²) in [5, 5.41) is 0. The molecule has 4 nitrogen and oxygen atoms in total. The monoisotopic (exact) mass is 282 g/mol. The Bertz CT molecular complexity index is 443. The average Bonchev–Trinajstić information content (AvgIpc) is 2.86. The minimum absolute atomic E-state index is 0.0106. The standard InChI is InChI=1S/C15H23FN2O2/c1-10-4-5-11(16)6-12(10)13(7-17)18-8-14(19-2)15(9-18)20-3/h4-6,13-15H,7-9,17H2,1-3H3. The lowest BCUT2D eigenvalue weighted by molar-refractivity contribution is -0.00461. The van der Waals surface area contributed by atoms with Gasteiger partial charge in [-0.15, -0.1) is 0 Å². The van der Waals surface area contributed by atoms with E-state index in [-0.39, 0.29) is 24.1 Å². The molecule has 0 spiro atoms. The SMILES string of the molecule is COC1CN(C(CN)c2cc(F)ccc2C)CC1OC. The zero-order valence-corrected chi connectivity index (χ0v) is 12.3. The number of nitrogens with zero attached hydrogens (tertiary/aromatic N) is 1. The van der Waals surface area contributed by atoms with Gasteiger partial charge in [0.05, 0.1) is 12.2 Å². The van der Waals surface area contributed by atoms with Crippen molar-refractivity contribution in [2.75, 3.05) is 33.9 Å². The molecule has 2 rings (SSSR count). The Hall–Kier alpha value is -1.01. The first-order chi connectivity index (χ1) is 9.60. The summed E-state index contributed by atoms with van der Waals surface area (Å²) in [6, 6.07) is 4.84. The fraction of sp³-hybridized carbons (Fsp3) is 0.600. The summed E-state index contributed by atoms with van der Waals surface area (Å²) in [4.78, 5) is 2.21. The van der Waals surface area contributed by atoms with Gasteiger partial charge in [-0.1, -0.05) is 6.07 Å². The highest BCUT2D eigenvalue weighted by molar-refractivity contribution is 5.30. The van der Waals surface area contributed by atoms with Crippen LogP contribution >= 0.6 is 0 Å². The third-order valence-corrected chi connectivity index (χ3v) is 4.11. The molecule has 1 aromatic rings. The Labute approximate surface area is 119 Å². The van der Waals surface area contributed by atoms with Gasteiger partial charge in [0.15, 0.2) is 0 Å². The molecule has 0 aliphatic carbocycles. The summed E-state index contributed by atoms with van der Waals surface area (Å²) in [7, 11) is 3.37. The van der Waals surface area contributed by atoms with Gasteiger partial charge in [0.25, 0.3) is 0 Å². The summed E-state index contributed by atoms with van der Waals surface area (Å²) in [5.41, 5.74) is 7.93. The fourth-order valence-corrected chi connectivity index (χ4v) is 2.92. The summed E-state index contributed by atoms with van der Waals surface area (Å²) in [6.07, 6.45) is 0.0610. The molecule has 0 amide bonds. The first-order valence-electron chi connectivity index (χ1n) is 6.86. The van der Waals surface area contributed by atoms with Crippen LogP contribution in [0.2, 0.25) is 0 Å². The van der Waals surface area contributed by atoms with Crippen LogP contribution in [0, 0.1) is 12.7 Å². The number of nitrogens with two attached hydrogens (primary N) is 1. The van der Waals surface area contributed by atoms with Crippen LogP contribution in [0.3, 0.4) is 0 Å². The van der Waals surface area contributed by atoms with E-state index in [2.05, 4.69) is 4.90 Å². The zero-order valence-electron chi connectivity index (χ0n) is 12.3. The van der Waals surface area contributed by atoms with Crippen molar-refractivity contribution in [2.24, 2.45) is 5.73 Å². The predicted octanol–water partition coefficient (Wildman–Crippen LogP) is 1.48. The Kier molecular flexibility index (Phi) is 5.10. The van der Waals surface area contributed by atoms with Gasteiger partial charge in [0.1, 0.15) is 5.82 Å². The van der Waals surface area contributed by atoms with Crippen LogP contribution in [0.15, 0.2) is 18.2 Å². The predicted molar refractivity (Wildman–Crippen MR) is 76.1 cm³/mol. The molecular weight excluding hydrogens is 259 g/mol. The van der Waals surface area contributed by atoms with Crippen LogP contribution in [-0.2, 0) is 9.47 Å². The number of benzene rings is 1. The highest BCUT2D eigenvalue weighted by atomic mass is 19.1. The van der Waals surface area contributed by atoms with E-state index in [9.17, 15) is 4.39 Å². The fourth-order valence-electron chi connectivity index (χ4n) is 2.92. The van der Waals surface area contributed by atoms with Gasteiger partial charge in [0, 0.05) is 39.9 Å². The number of hydrogen-bond donors (Lipinski definition) is 1. The molecule has 0 bridgehead atoms. The summed E-state index contributed by atoms with van der Waals surface area (Å²) in [6.45, 7) is 3.91. The Balaban J connectivity index is 2.23. The highest BCUT2D eigenvalue weighted by Crippen LogP contribution is 2.29. The van der Waals surface area contributed by atoms with Crippen molar-refractivity contribution >= 4 is 0 Å². The van der Waals surface area contributed by atoms with E-state index in [1.807, 2.05) is 6.92 Å². The number of aryl methyl sites for hydroxylation is 1. The second kappa shape index (κ2) is 6.63. The number of ether oxygens (including phenoxy) is 2. The van der Waals surface area contributed by atoms with Gasteiger partial charge in [-0.05, 0) is 30.2 Å². The molecule has 20 heavy (non-hydrogen) atoms. The molecular formula is C15H23FN2O2. The summed E-state index contributed by atoms with van der Waals surface area (Å²) in [5.74, 6) is -0.227. The molecule has 112 valence electrons. The minimum Gasteiger partial charge on any atom is -0.377 e. The van der Waals surface area contributed by atoms with E-state index in [4.69, 9.17) is 15.2 Å². The maximum atomic E-state index is 13.5. The third-order valence-electron chi connectivity index (χ3n) is 4.11. The number of methoxy groups -OCH3 is 2. The first kappa shape index (κ1) is 15.4. The van der Waals surface area contributed by atoms with Crippen LogP contribution in [0.1, 0.15) is 17.2 Å². The maximum Gasteiger partial charge on any atom is 0.123 e. The molecule has 1 heterocycles. The van der Waals surface area contributed by atoms with Crippen molar-refractivity contribution in [3.63, 3.8) is 0 Å². The number of rotatable bonds is 5. The van der Waals surface area contributed by atoms with E-state index in [0.29, 0.717) is 6.54 Å². The lowest BCUT2D eigenvalue weighted by Gasteiger charge is -2.28. The third kappa shape index (κ3) is 3.01. The number of hydrogen-bond acceptors (Lipinski definition) is 4. The van der Waals surface area contributed by atoms with Crippen molar-refractivity contribution < 1.29 is 13.9 Å². The van der Waals surface area contributed by atoms with Crippen LogP contribution < -0.4 is 5.73 Å². The van der Waals surface area contributed by atoms with Gasteiger partial charge < -0.3 is 15.2 Å². The van der Waals surface area contributed by atoms with Crippen LogP contribution in [0.25, 0.3) is 0 Å². The van der Waals surface area contributed by atoms with Crippen LogP contribution in [0.5, 0.6) is 0 Å². The molecule has 1 aromatic carbocycles. The quantitative estimate of drug-likeness (QED) is 0.888. The summed E-state index contributed by atoms with van der Waals surface area (Å²) < 4.78 is 24.4. The largest absolute Gasteiger partial charge is 0.377 e.